The molecule has 0 saturated carbocycles. The molecule has 7 heteroatoms. The smallest absolute Gasteiger partial charge is 0.392 e. The quantitative estimate of drug-likeness (QED) is 0.669. The van der Waals surface area contributed by atoms with Crippen molar-refractivity contribution in [1.29, 1.82) is 0 Å². The molecule has 90 valence electrons. The third kappa shape index (κ3) is 1.81. The molecule has 18 heavy (non-hydrogen) atoms. The fourth-order valence-corrected chi connectivity index (χ4v) is 1.67. The summed E-state index contributed by atoms with van der Waals surface area (Å²) in [6, 6.07) is 7.19. The summed E-state index contributed by atoms with van der Waals surface area (Å²) in [5.74, 6) is -0.518. The van der Waals surface area contributed by atoms with Crippen molar-refractivity contribution in [3.05, 3.63) is 56.8 Å². The largest absolute Gasteiger partial charge is 0.434 e. The minimum Gasteiger partial charge on any atom is -0.392 e. The molecule has 0 amide bonds. The Morgan fingerprint density at radius 3 is 2.83 bits per heavy atom. The van der Waals surface area contributed by atoms with E-state index in [-0.39, 0.29) is 23.6 Å². The van der Waals surface area contributed by atoms with Gasteiger partial charge in [-0.15, -0.1) is 5.10 Å². The maximum absolute atomic E-state index is 11.8. The molecular formula is C11H8N4O3. The number of fused-ring (bicyclic) bond motifs is 1. The lowest BCUT2D eigenvalue weighted by atomic mass is 10.2. The molecular weight excluding hydrogens is 236 g/mol. The number of hydrogen-bond donors (Lipinski definition) is 2. The number of H-pyrrole nitrogens is 2. The van der Waals surface area contributed by atoms with Crippen LogP contribution in [-0.4, -0.2) is 20.2 Å². The molecule has 0 aliphatic heterocycles. The highest BCUT2D eigenvalue weighted by Gasteiger charge is 2.09. The lowest BCUT2D eigenvalue weighted by Gasteiger charge is -1.99. The summed E-state index contributed by atoms with van der Waals surface area (Å²) >= 11 is 0. The molecule has 0 fully saturated rings. The Balaban J connectivity index is 2.09. The van der Waals surface area contributed by atoms with E-state index in [1.165, 1.54) is 0 Å². The summed E-state index contributed by atoms with van der Waals surface area (Å²) in [6.45, 7) is 0. The molecule has 3 aromatic rings. The van der Waals surface area contributed by atoms with Gasteiger partial charge in [0.15, 0.2) is 0 Å². The van der Waals surface area contributed by atoms with Crippen molar-refractivity contribution >= 4 is 11.0 Å². The van der Waals surface area contributed by atoms with Gasteiger partial charge in [-0.1, -0.05) is 12.1 Å². The monoisotopic (exact) mass is 244 g/mol. The number of para-hydroxylation sites is 2. The first-order chi connectivity index (χ1) is 8.72. The van der Waals surface area contributed by atoms with Crippen molar-refractivity contribution in [2.45, 2.75) is 6.42 Å². The van der Waals surface area contributed by atoms with Gasteiger partial charge < -0.3 is 9.40 Å². The van der Waals surface area contributed by atoms with Crippen LogP contribution in [0.2, 0.25) is 0 Å². The highest BCUT2D eigenvalue weighted by atomic mass is 16.4. The Kier molecular flexibility index (Phi) is 2.30. The fraction of sp³-hybridized carbons (Fsp3) is 0.0909. The highest BCUT2D eigenvalue weighted by molar-refractivity contribution is 5.73. The number of nitrogens with zero attached hydrogens (tertiary/aromatic N) is 2. The average molecular weight is 244 g/mol. The van der Waals surface area contributed by atoms with Gasteiger partial charge in [-0.3, -0.25) is 4.79 Å². The molecule has 3 rings (SSSR count). The van der Waals surface area contributed by atoms with Gasteiger partial charge in [-0.2, -0.15) is 0 Å². The van der Waals surface area contributed by atoms with E-state index in [1.807, 2.05) is 12.1 Å². The normalized spacial score (nSPS) is 10.9. The van der Waals surface area contributed by atoms with E-state index in [0.717, 1.165) is 0 Å². The topological polar surface area (TPSA) is 105 Å². The third-order valence-electron chi connectivity index (χ3n) is 2.47. The predicted molar refractivity (Wildman–Crippen MR) is 62.3 cm³/mol. The lowest BCUT2D eigenvalue weighted by molar-refractivity contribution is 0.469. The van der Waals surface area contributed by atoms with Gasteiger partial charge in [-0.05, 0) is 12.1 Å². The van der Waals surface area contributed by atoms with Crippen molar-refractivity contribution in [3.8, 4) is 0 Å². The van der Waals surface area contributed by atoms with Crippen LogP contribution in [0.4, 0.5) is 0 Å². The minimum absolute atomic E-state index is 0.0684. The number of benzene rings is 1. The standard InChI is InChI=1S/C11H8N4O3/c16-10-8(5-9-14-15-11(17)18-9)12-6-3-1-2-4-7(6)13-10/h1-4H,5H2,(H,13,16)(H,15,17). The Labute approximate surface area is 99.5 Å². The van der Waals surface area contributed by atoms with Crippen LogP contribution in [0.25, 0.3) is 11.0 Å². The second-order valence-electron chi connectivity index (χ2n) is 3.71. The minimum atomic E-state index is -0.651. The fourth-order valence-electron chi connectivity index (χ4n) is 1.67. The zero-order valence-corrected chi connectivity index (χ0v) is 9.14. The summed E-state index contributed by atoms with van der Waals surface area (Å²) in [5, 5.41) is 5.77. The van der Waals surface area contributed by atoms with Crippen LogP contribution < -0.4 is 11.3 Å². The maximum atomic E-state index is 11.8. The lowest BCUT2D eigenvalue weighted by Crippen LogP contribution is -2.15. The third-order valence-corrected chi connectivity index (χ3v) is 2.47. The first kappa shape index (κ1) is 10.5. The molecule has 0 radical (unpaired) electrons. The van der Waals surface area contributed by atoms with E-state index in [9.17, 15) is 9.59 Å². The first-order valence-corrected chi connectivity index (χ1v) is 5.25. The van der Waals surface area contributed by atoms with Crippen LogP contribution in [0.5, 0.6) is 0 Å². The van der Waals surface area contributed by atoms with Gasteiger partial charge in [0.05, 0.1) is 17.5 Å². The van der Waals surface area contributed by atoms with E-state index < -0.39 is 5.76 Å². The zero-order chi connectivity index (χ0) is 12.5. The van der Waals surface area contributed by atoms with E-state index in [2.05, 4.69) is 20.2 Å². The van der Waals surface area contributed by atoms with Crippen LogP contribution in [0, 0.1) is 0 Å². The molecule has 0 atom stereocenters. The van der Waals surface area contributed by atoms with E-state index in [0.29, 0.717) is 11.0 Å². The van der Waals surface area contributed by atoms with Crippen molar-refractivity contribution in [2.24, 2.45) is 0 Å². The molecule has 0 aliphatic rings. The van der Waals surface area contributed by atoms with Gasteiger partial charge in [0.25, 0.3) is 5.56 Å². The maximum Gasteiger partial charge on any atom is 0.434 e. The highest BCUT2D eigenvalue weighted by Crippen LogP contribution is 2.07. The molecule has 0 aliphatic carbocycles. The molecule has 2 N–H and O–H groups in total. The van der Waals surface area contributed by atoms with Gasteiger partial charge in [0.2, 0.25) is 5.89 Å². The van der Waals surface area contributed by atoms with Crippen LogP contribution in [0.3, 0.4) is 0 Å². The second kappa shape index (κ2) is 3.95. The van der Waals surface area contributed by atoms with Crippen molar-refractivity contribution in [2.75, 3.05) is 0 Å². The summed E-state index contributed by atoms with van der Waals surface area (Å²) in [7, 11) is 0. The summed E-state index contributed by atoms with van der Waals surface area (Å²) in [5.41, 5.74) is 1.27. The van der Waals surface area contributed by atoms with Crippen LogP contribution in [0.15, 0.2) is 38.3 Å². The van der Waals surface area contributed by atoms with Crippen LogP contribution >= 0.6 is 0 Å². The average Bonchev–Trinajstić information content (AvgIpc) is 2.76. The molecule has 0 saturated heterocycles. The Bertz CT molecular complexity index is 815. The van der Waals surface area contributed by atoms with Crippen molar-refractivity contribution in [1.82, 2.24) is 20.2 Å². The summed E-state index contributed by atoms with van der Waals surface area (Å²) in [4.78, 5) is 29.5. The molecule has 7 nitrogen and oxygen atoms in total. The Hall–Kier alpha value is -2.70. The first-order valence-electron chi connectivity index (χ1n) is 5.25. The van der Waals surface area contributed by atoms with E-state index in [1.54, 1.807) is 12.1 Å². The number of hydrogen-bond acceptors (Lipinski definition) is 5. The predicted octanol–water partition coefficient (Wildman–Crippen LogP) is 0.190. The Morgan fingerprint density at radius 1 is 1.22 bits per heavy atom. The summed E-state index contributed by atoms with van der Waals surface area (Å²) < 4.78 is 4.74. The van der Waals surface area contributed by atoms with Crippen LogP contribution in [0.1, 0.15) is 11.6 Å². The van der Waals surface area contributed by atoms with E-state index >= 15 is 0 Å². The van der Waals surface area contributed by atoms with Gasteiger partial charge >= 0.3 is 5.76 Å². The van der Waals surface area contributed by atoms with Crippen molar-refractivity contribution < 1.29 is 4.42 Å². The molecule has 2 aromatic heterocycles. The van der Waals surface area contributed by atoms with E-state index in [4.69, 9.17) is 4.42 Å². The SMILES string of the molecule is O=c1[nH]nc(Cc2nc3ccccc3[nH]c2=O)o1. The number of nitrogens with one attached hydrogen (secondary N) is 2. The van der Waals surface area contributed by atoms with Gasteiger partial charge in [0.1, 0.15) is 5.69 Å². The molecule has 1 aromatic carbocycles. The summed E-state index contributed by atoms with van der Waals surface area (Å²) in [6.07, 6.45) is 0.0684. The molecule has 2 heterocycles. The second-order valence-corrected chi connectivity index (χ2v) is 3.71. The molecule has 0 unspecified atom stereocenters. The van der Waals surface area contributed by atoms with Gasteiger partial charge in [0, 0.05) is 0 Å². The number of aromatic nitrogens is 4. The number of rotatable bonds is 2. The number of aromatic amines is 2. The van der Waals surface area contributed by atoms with Gasteiger partial charge in [-0.25, -0.2) is 14.9 Å². The molecule has 0 bridgehead atoms. The Morgan fingerprint density at radius 2 is 2.06 bits per heavy atom. The van der Waals surface area contributed by atoms with Crippen LogP contribution in [-0.2, 0) is 6.42 Å². The van der Waals surface area contributed by atoms with Crippen molar-refractivity contribution in [3.63, 3.8) is 0 Å². The zero-order valence-electron chi connectivity index (χ0n) is 9.14. The molecule has 0 spiro atoms.